The van der Waals surface area contributed by atoms with Gasteiger partial charge >= 0.3 is 0 Å². The first kappa shape index (κ1) is 14.2. The van der Waals surface area contributed by atoms with Crippen molar-refractivity contribution in [3.8, 4) is 0 Å². The molecule has 3 nitrogen and oxygen atoms in total. The molecule has 1 aromatic heterocycles. The lowest BCUT2D eigenvalue weighted by atomic mass is 10.0. The topological polar surface area (TPSA) is 29.9 Å². The van der Waals surface area contributed by atoms with Gasteiger partial charge in [-0.05, 0) is 32.6 Å². The fourth-order valence-corrected chi connectivity index (χ4v) is 4.32. The first-order chi connectivity index (χ1) is 8.63. The summed E-state index contributed by atoms with van der Waals surface area (Å²) in [6.07, 6.45) is 4.99. The van der Waals surface area contributed by atoms with E-state index >= 15 is 0 Å². The molecular formula is C13H22ClN3S. The number of thioether (sulfide) groups is 1. The van der Waals surface area contributed by atoms with Gasteiger partial charge in [0.2, 0.25) is 0 Å². The number of hydrogen-bond donors (Lipinski definition) is 1. The highest BCUT2D eigenvalue weighted by atomic mass is 35.5. The Bertz CT molecular complexity index is 399. The van der Waals surface area contributed by atoms with Gasteiger partial charge < -0.3 is 5.32 Å². The van der Waals surface area contributed by atoms with Crippen LogP contribution in [0.3, 0.4) is 0 Å². The third kappa shape index (κ3) is 3.03. The third-order valence-electron chi connectivity index (χ3n) is 3.71. The Hall–Kier alpha value is -0.190. The monoisotopic (exact) mass is 287 g/mol. The molecule has 0 radical (unpaired) electrons. The van der Waals surface area contributed by atoms with Crippen LogP contribution in [0.2, 0.25) is 5.02 Å². The molecule has 18 heavy (non-hydrogen) atoms. The molecule has 1 aliphatic rings. The highest BCUT2D eigenvalue weighted by Crippen LogP contribution is 2.30. The molecule has 0 aromatic carbocycles. The van der Waals surface area contributed by atoms with Crippen LogP contribution < -0.4 is 5.32 Å². The van der Waals surface area contributed by atoms with E-state index in [1.54, 1.807) is 0 Å². The number of aromatic nitrogens is 2. The van der Waals surface area contributed by atoms with Crippen LogP contribution in [0.1, 0.15) is 30.7 Å². The fraction of sp³-hybridized carbons (Fsp3) is 0.769. The van der Waals surface area contributed by atoms with E-state index in [0.717, 1.165) is 22.8 Å². The zero-order chi connectivity index (χ0) is 13.1. The smallest absolute Gasteiger partial charge is 0.0847 e. The molecule has 0 spiro atoms. The van der Waals surface area contributed by atoms with E-state index in [-0.39, 0.29) is 0 Å². The van der Waals surface area contributed by atoms with Crippen molar-refractivity contribution in [2.75, 3.05) is 12.8 Å². The standard InChI is InChI=1S/C13H22ClN3S/c1-9-13(14)11(17(3)16-9)8-10(15-2)12-6-4-5-7-18-12/h10,12,15H,4-8H2,1-3H3. The molecule has 1 saturated heterocycles. The van der Waals surface area contributed by atoms with E-state index in [1.165, 1.54) is 25.0 Å². The summed E-state index contributed by atoms with van der Waals surface area (Å²) >= 11 is 8.43. The maximum Gasteiger partial charge on any atom is 0.0847 e. The van der Waals surface area contributed by atoms with Gasteiger partial charge in [0.1, 0.15) is 0 Å². The summed E-state index contributed by atoms with van der Waals surface area (Å²) in [6.45, 7) is 1.97. The molecule has 0 aliphatic carbocycles. The number of aryl methyl sites for hydroxylation is 2. The average Bonchev–Trinajstić information content (AvgIpc) is 2.62. The lowest BCUT2D eigenvalue weighted by molar-refractivity contribution is 0.482. The van der Waals surface area contributed by atoms with Crippen molar-refractivity contribution in [3.05, 3.63) is 16.4 Å². The van der Waals surface area contributed by atoms with Crippen LogP contribution >= 0.6 is 23.4 Å². The lowest BCUT2D eigenvalue weighted by Gasteiger charge is -2.29. The van der Waals surface area contributed by atoms with Crippen LogP contribution in [0.4, 0.5) is 0 Å². The number of rotatable bonds is 4. The molecule has 0 amide bonds. The second kappa shape index (κ2) is 6.31. The molecule has 0 bridgehead atoms. The molecular weight excluding hydrogens is 266 g/mol. The highest BCUT2D eigenvalue weighted by molar-refractivity contribution is 8.00. The minimum Gasteiger partial charge on any atom is -0.316 e. The Morgan fingerprint density at radius 1 is 1.56 bits per heavy atom. The van der Waals surface area contributed by atoms with Crippen LogP contribution in [0.15, 0.2) is 0 Å². The first-order valence-electron chi connectivity index (χ1n) is 6.60. The minimum absolute atomic E-state index is 0.489. The van der Waals surface area contributed by atoms with Crippen LogP contribution in [-0.4, -0.2) is 33.9 Å². The Morgan fingerprint density at radius 2 is 2.33 bits per heavy atom. The summed E-state index contributed by atoms with van der Waals surface area (Å²) in [5.41, 5.74) is 2.08. The van der Waals surface area contributed by atoms with E-state index < -0.39 is 0 Å². The average molecular weight is 288 g/mol. The largest absolute Gasteiger partial charge is 0.316 e. The molecule has 1 fully saturated rings. The molecule has 102 valence electrons. The molecule has 1 aliphatic heterocycles. The maximum absolute atomic E-state index is 6.34. The normalized spacial score (nSPS) is 22.1. The van der Waals surface area contributed by atoms with E-state index in [0.29, 0.717) is 11.3 Å². The second-order valence-electron chi connectivity index (χ2n) is 4.97. The SMILES string of the molecule is CNC(Cc1c(Cl)c(C)nn1C)C1CCCCS1. The van der Waals surface area contributed by atoms with E-state index in [4.69, 9.17) is 11.6 Å². The minimum atomic E-state index is 0.489. The van der Waals surface area contributed by atoms with Crippen molar-refractivity contribution in [2.45, 2.75) is 43.9 Å². The van der Waals surface area contributed by atoms with Gasteiger partial charge in [0, 0.05) is 24.8 Å². The molecule has 1 N–H and O–H groups in total. The fourth-order valence-electron chi connectivity index (χ4n) is 2.61. The Kier molecular flexibility index (Phi) is 4.98. The molecule has 2 unspecified atom stereocenters. The summed E-state index contributed by atoms with van der Waals surface area (Å²) in [7, 11) is 4.03. The molecule has 2 rings (SSSR count). The predicted octanol–water partition coefficient (Wildman–Crippen LogP) is 2.80. The first-order valence-corrected chi connectivity index (χ1v) is 8.03. The molecule has 5 heteroatoms. The van der Waals surface area contributed by atoms with Crippen molar-refractivity contribution in [1.29, 1.82) is 0 Å². The van der Waals surface area contributed by atoms with Crippen molar-refractivity contribution < 1.29 is 0 Å². The number of likely N-dealkylation sites (N-methyl/N-ethyl adjacent to an activating group) is 1. The number of hydrogen-bond acceptors (Lipinski definition) is 3. The van der Waals surface area contributed by atoms with Crippen molar-refractivity contribution >= 4 is 23.4 Å². The van der Waals surface area contributed by atoms with Gasteiger partial charge in [-0.3, -0.25) is 4.68 Å². The third-order valence-corrected chi connectivity index (χ3v) is 5.72. The molecule has 1 aromatic rings. The summed E-state index contributed by atoms with van der Waals surface area (Å²) in [4.78, 5) is 0. The zero-order valence-electron chi connectivity index (χ0n) is 11.4. The Balaban J connectivity index is 2.09. The van der Waals surface area contributed by atoms with Gasteiger partial charge in [0.05, 0.1) is 16.4 Å². The van der Waals surface area contributed by atoms with Gasteiger partial charge in [0.25, 0.3) is 0 Å². The van der Waals surface area contributed by atoms with E-state index in [1.807, 2.05) is 18.7 Å². The molecule has 2 heterocycles. The van der Waals surface area contributed by atoms with Crippen LogP contribution in [-0.2, 0) is 13.5 Å². The van der Waals surface area contributed by atoms with Gasteiger partial charge in [-0.25, -0.2) is 0 Å². The van der Waals surface area contributed by atoms with Gasteiger partial charge in [-0.1, -0.05) is 18.0 Å². The Labute approximate surface area is 119 Å². The van der Waals surface area contributed by atoms with Crippen LogP contribution in [0, 0.1) is 6.92 Å². The van der Waals surface area contributed by atoms with Crippen LogP contribution in [0.5, 0.6) is 0 Å². The van der Waals surface area contributed by atoms with Crippen molar-refractivity contribution in [1.82, 2.24) is 15.1 Å². The summed E-state index contributed by atoms with van der Waals surface area (Å²) < 4.78 is 1.93. The lowest BCUT2D eigenvalue weighted by Crippen LogP contribution is -2.39. The maximum atomic E-state index is 6.34. The zero-order valence-corrected chi connectivity index (χ0v) is 12.9. The molecule has 2 atom stereocenters. The quantitative estimate of drug-likeness (QED) is 0.923. The van der Waals surface area contributed by atoms with Gasteiger partial charge in [0.15, 0.2) is 0 Å². The van der Waals surface area contributed by atoms with Crippen molar-refractivity contribution in [2.24, 2.45) is 7.05 Å². The highest BCUT2D eigenvalue weighted by Gasteiger charge is 2.25. The molecule has 0 saturated carbocycles. The number of halogens is 1. The van der Waals surface area contributed by atoms with Crippen LogP contribution in [0.25, 0.3) is 0 Å². The Morgan fingerprint density at radius 3 is 2.83 bits per heavy atom. The summed E-state index contributed by atoms with van der Waals surface area (Å²) in [5.74, 6) is 1.29. The van der Waals surface area contributed by atoms with E-state index in [9.17, 15) is 0 Å². The number of nitrogens with one attached hydrogen (secondary N) is 1. The predicted molar refractivity (Wildman–Crippen MR) is 79.6 cm³/mol. The van der Waals surface area contributed by atoms with Crippen molar-refractivity contribution in [3.63, 3.8) is 0 Å². The van der Waals surface area contributed by atoms with E-state index in [2.05, 4.69) is 29.2 Å². The van der Waals surface area contributed by atoms with Gasteiger partial charge in [-0.15, -0.1) is 0 Å². The summed E-state index contributed by atoms with van der Waals surface area (Å²) in [6, 6.07) is 0.489. The number of nitrogens with zero attached hydrogens (tertiary/aromatic N) is 2. The second-order valence-corrected chi connectivity index (χ2v) is 6.70. The summed E-state index contributed by atoms with van der Waals surface area (Å²) in [5, 5.41) is 9.39. The van der Waals surface area contributed by atoms with Gasteiger partial charge in [-0.2, -0.15) is 16.9 Å².